The Morgan fingerprint density at radius 1 is 1.00 bits per heavy atom. The lowest BCUT2D eigenvalue weighted by atomic mass is 9.75. The molecule has 0 aromatic heterocycles. The van der Waals surface area contributed by atoms with Crippen molar-refractivity contribution < 1.29 is 14.2 Å². The predicted octanol–water partition coefficient (Wildman–Crippen LogP) is 5.62. The minimum atomic E-state index is -1.29. The highest BCUT2D eigenvalue weighted by atomic mass is 19.1. The Morgan fingerprint density at radius 3 is 2.43 bits per heavy atom. The summed E-state index contributed by atoms with van der Waals surface area (Å²) in [4.78, 5) is 4.53. The number of alkyl halides is 1. The molecule has 0 saturated carbocycles. The van der Waals surface area contributed by atoms with Gasteiger partial charge >= 0.3 is 0 Å². The third kappa shape index (κ3) is 4.23. The number of aliphatic hydroxyl groups is 1. The van der Waals surface area contributed by atoms with E-state index < -0.39 is 17.7 Å². The molecule has 0 aliphatic carbocycles. The van der Waals surface area contributed by atoms with E-state index in [-0.39, 0.29) is 6.42 Å². The first-order valence-electron chi connectivity index (χ1n) is 9.33. The molecule has 0 amide bonds. The van der Waals surface area contributed by atoms with Crippen LogP contribution in [0.5, 0.6) is 5.75 Å². The van der Waals surface area contributed by atoms with Crippen LogP contribution in [0.15, 0.2) is 71.7 Å². The minimum absolute atomic E-state index is 0.172. The average molecular weight is 379 g/mol. The number of ether oxygens (including phenoxy) is 1. The fraction of sp³-hybridized carbons (Fsp3) is 0.292. The molecule has 0 heterocycles. The summed E-state index contributed by atoms with van der Waals surface area (Å²) in [5, 5.41) is 13.1. The summed E-state index contributed by atoms with van der Waals surface area (Å²) >= 11 is 0. The van der Waals surface area contributed by atoms with Gasteiger partial charge < -0.3 is 9.84 Å². The van der Waals surface area contributed by atoms with Crippen LogP contribution < -0.4 is 4.74 Å². The van der Waals surface area contributed by atoms with Crippen LogP contribution in [0.2, 0.25) is 0 Å². The van der Waals surface area contributed by atoms with Crippen molar-refractivity contribution in [2.24, 2.45) is 4.99 Å². The fourth-order valence-corrected chi connectivity index (χ4v) is 3.72. The number of halogens is 1. The monoisotopic (exact) mass is 379 g/mol. The maximum atomic E-state index is 14.1. The number of nitrogens with zero attached hydrogens (tertiary/aromatic N) is 1. The normalized spacial score (nSPS) is 16.0. The first kappa shape index (κ1) is 20.0. The smallest absolute Gasteiger partial charge is 0.122 e. The van der Waals surface area contributed by atoms with Gasteiger partial charge in [-0.25, -0.2) is 0 Å². The van der Waals surface area contributed by atoms with E-state index in [4.69, 9.17) is 4.74 Å². The third-order valence-corrected chi connectivity index (χ3v) is 5.05. The second kappa shape index (κ2) is 8.11. The zero-order valence-corrected chi connectivity index (χ0v) is 16.5. The van der Waals surface area contributed by atoms with Gasteiger partial charge in [0.2, 0.25) is 0 Å². The molecule has 0 fully saturated rings. The van der Waals surface area contributed by atoms with Crippen LogP contribution in [0.3, 0.4) is 0 Å². The second-order valence-corrected chi connectivity index (χ2v) is 7.68. The molecule has 2 atom stereocenters. The minimum Gasteiger partial charge on any atom is -0.496 e. The molecule has 0 aliphatic rings. The molecule has 3 rings (SSSR count). The average Bonchev–Trinajstić information content (AvgIpc) is 2.71. The summed E-state index contributed by atoms with van der Waals surface area (Å²) in [6, 6.07) is 21.2. The van der Waals surface area contributed by atoms with Crippen molar-refractivity contribution in [1.82, 2.24) is 0 Å². The van der Waals surface area contributed by atoms with Crippen molar-refractivity contribution in [2.45, 2.75) is 31.3 Å². The van der Waals surface area contributed by atoms with E-state index in [1.165, 1.54) is 6.21 Å². The molecule has 3 nitrogen and oxygen atoms in total. The summed E-state index contributed by atoms with van der Waals surface area (Å²) in [5.41, 5.74) is -0.684. The Morgan fingerprint density at radius 2 is 1.68 bits per heavy atom. The lowest BCUT2D eigenvalue weighted by Crippen LogP contribution is -2.38. The fourth-order valence-electron chi connectivity index (χ4n) is 3.72. The van der Waals surface area contributed by atoms with Crippen molar-refractivity contribution in [3.05, 3.63) is 72.3 Å². The van der Waals surface area contributed by atoms with E-state index in [1.807, 2.05) is 66.7 Å². The van der Waals surface area contributed by atoms with E-state index >= 15 is 0 Å². The Hall–Kier alpha value is -2.72. The third-order valence-electron chi connectivity index (χ3n) is 5.05. The number of methoxy groups -OCH3 is 1. The summed E-state index contributed by atoms with van der Waals surface area (Å²) < 4.78 is 19.5. The Balaban J connectivity index is 1.90. The first-order valence-corrected chi connectivity index (χ1v) is 9.33. The predicted molar refractivity (Wildman–Crippen MR) is 114 cm³/mol. The van der Waals surface area contributed by atoms with E-state index in [9.17, 15) is 9.50 Å². The van der Waals surface area contributed by atoms with E-state index in [1.54, 1.807) is 21.0 Å². The van der Waals surface area contributed by atoms with Gasteiger partial charge in [-0.1, -0.05) is 61.5 Å². The van der Waals surface area contributed by atoms with Crippen LogP contribution >= 0.6 is 0 Å². The van der Waals surface area contributed by atoms with Gasteiger partial charge in [-0.05, 0) is 30.9 Å². The number of aliphatic imine (C=N–C) groups is 1. The van der Waals surface area contributed by atoms with Crippen molar-refractivity contribution in [1.29, 1.82) is 0 Å². The summed E-state index contributed by atoms with van der Waals surface area (Å²) in [7, 11) is 1.57. The Labute approximate surface area is 165 Å². The van der Waals surface area contributed by atoms with Gasteiger partial charge in [0.05, 0.1) is 25.1 Å². The molecule has 2 unspecified atom stereocenters. The second-order valence-electron chi connectivity index (χ2n) is 7.68. The van der Waals surface area contributed by atoms with Crippen LogP contribution in [0.1, 0.15) is 25.8 Å². The van der Waals surface area contributed by atoms with E-state index in [2.05, 4.69) is 4.99 Å². The van der Waals surface area contributed by atoms with Crippen LogP contribution in [0, 0.1) is 0 Å². The first-order chi connectivity index (χ1) is 13.4. The number of benzene rings is 3. The zero-order valence-electron chi connectivity index (χ0n) is 16.5. The number of rotatable bonds is 7. The van der Waals surface area contributed by atoms with Crippen molar-refractivity contribution in [2.75, 3.05) is 13.8 Å². The molecule has 0 radical (unpaired) electrons. The maximum absolute atomic E-state index is 14.1. The lowest BCUT2D eigenvalue weighted by Gasteiger charge is -2.34. The van der Waals surface area contributed by atoms with Gasteiger partial charge in [-0.15, -0.1) is 0 Å². The summed E-state index contributed by atoms with van der Waals surface area (Å²) in [6.45, 7) is 2.83. The molecule has 3 aromatic carbocycles. The van der Waals surface area contributed by atoms with Gasteiger partial charge in [-0.3, -0.25) is 9.38 Å². The van der Waals surface area contributed by atoms with Crippen LogP contribution in [-0.2, 0) is 5.41 Å². The van der Waals surface area contributed by atoms with Crippen LogP contribution in [0.25, 0.3) is 10.8 Å². The quantitative estimate of drug-likeness (QED) is 0.541. The van der Waals surface area contributed by atoms with Gasteiger partial charge in [0, 0.05) is 22.6 Å². The maximum Gasteiger partial charge on any atom is 0.122 e. The van der Waals surface area contributed by atoms with Crippen LogP contribution in [0.4, 0.5) is 10.1 Å². The van der Waals surface area contributed by atoms with Gasteiger partial charge in [0.15, 0.2) is 0 Å². The number of fused-ring (bicyclic) bond motifs is 1. The SMILES string of the molecule is COc1ccccc1C(C)(CF)CC(C)(O)C=Nc1cccc2ccccc12. The van der Waals surface area contributed by atoms with Crippen molar-refractivity contribution in [3.8, 4) is 5.75 Å². The lowest BCUT2D eigenvalue weighted by molar-refractivity contribution is 0.0901. The van der Waals surface area contributed by atoms with E-state index in [0.29, 0.717) is 5.75 Å². The molecule has 1 N–H and O–H groups in total. The Bertz CT molecular complexity index is 978. The number of hydrogen-bond donors (Lipinski definition) is 1. The molecular formula is C24H26FNO2. The molecule has 0 bridgehead atoms. The van der Waals surface area contributed by atoms with Gasteiger partial charge in [0.25, 0.3) is 0 Å². The highest BCUT2D eigenvalue weighted by Crippen LogP contribution is 2.38. The zero-order chi connectivity index (χ0) is 20.2. The van der Waals surface area contributed by atoms with E-state index in [0.717, 1.165) is 22.0 Å². The summed E-state index contributed by atoms with van der Waals surface area (Å²) in [5.74, 6) is 0.615. The molecular weight excluding hydrogens is 353 g/mol. The van der Waals surface area contributed by atoms with Crippen molar-refractivity contribution >= 4 is 22.7 Å². The topological polar surface area (TPSA) is 41.8 Å². The molecule has 0 saturated heterocycles. The summed E-state index contributed by atoms with van der Waals surface area (Å²) in [6.07, 6.45) is 1.68. The molecule has 3 aromatic rings. The number of para-hydroxylation sites is 1. The number of hydrogen-bond acceptors (Lipinski definition) is 3. The standard InChI is InChI=1S/C24H26FNO2/c1-23(16-25,20-12-6-7-14-22(20)28-3)15-24(2,27)17-26-21-13-8-10-18-9-4-5-11-19(18)21/h4-14,17,27H,15-16H2,1-3H3. The Kier molecular flexibility index (Phi) is 5.80. The highest BCUT2D eigenvalue weighted by molar-refractivity contribution is 5.94. The van der Waals surface area contributed by atoms with Crippen molar-refractivity contribution in [3.63, 3.8) is 0 Å². The largest absolute Gasteiger partial charge is 0.496 e. The van der Waals surface area contributed by atoms with Gasteiger partial charge in [-0.2, -0.15) is 0 Å². The van der Waals surface area contributed by atoms with Gasteiger partial charge in [0.1, 0.15) is 5.75 Å². The highest BCUT2D eigenvalue weighted by Gasteiger charge is 2.36. The molecule has 0 aliphatic heterocycles. The molecule has 28 heavy (non-hydrogen) atoms. The van der Waals surface area contributed by atoms with Crippen LogP contribution in [-0.4, -0.2) is 30.7 Å². The molecule has 146 valence electrons. The molecule has 4 heteroatoms. The molecule has 0 spiro atoms.